The minimum absolute atomic E-state index is 0.109. The molecular weight excluding hydrogens is 538 g/mol. The molecule has 6 aromatic rings. The Morgan fingerprint density at radius 1 is 0.500 bits per heavy atom. The number of rotatable bonds is 12. The predicted octanol–water partition coefficient (Wildman–Crippen LogP) is 8.55. The van der Waals surface area contributed by atoms with Crippen molar-refractivity contribution in [1.82, 2.24) is 5.32 Å². The molecule has 0 aliphatic rings. The van der Waals surface area contributed by atoms with E-state index in [1.54, 1.807) is 0 Å². The SMILES string of the molecule is O[C@@H](COC(c1ccccc1)(c1ccccc1)c1ccccc1)[C@H](NCc1ccc(-c2ccccc2)cc1)c1ccccc1. The molecule has 0 saturated carbocycles. The maximum Gasteiger partial charge on any atom is 0.143 e. The van der Waals surface area contributed by atoms with Gasteiger partial charge in [-0.2, -0.15) is 0 Å². The summed E-state index contributed by atoms with van der Waals surface area (Å²) >= 11 is 0. The van der Waals surface area contributed by atoms with Crippen LogP contribution in [0, 0.1) is 0 Å². The van der Waals surface area contributed by atoms with Gasteiger partial charge in [0.1, 0.15) is 5.60 Å². The van der Waals surface area contributed by atoms with Crippen LogP contribution in [-0.4, -0.2) is 17.8 Å². The van der Waals surface area contributed by atoms with Gasteiger partial charge >= 0.3 is 0 Å². The number of aliphatic hydroxyl groups excluding tert-OH is 1. The topological polar surface area (TPSA) is 41.5 Å². The van der Waals surface area contributed by atoms with Gasteiger partial charge in [0.05, 0.1) is 18.8 Å². The van der Waals surface area contributed by atoms with Crippen molar-refractivity contribution >= 4 is 0 Å². The second-order valence-corrected chi connectivity index (χ2v) is 11.0. The molecule has 3 nitrogen and oxygen atoms in total. The van der Waals surface area contributed by atoms with E-state index in [1.165, 1.54) is 11.1 Å². The van der Waals surface area contributed by atoms with Crippen LogP contribution in [-0.2, 0) is 16.9 Å². The summed E-state index contributed by atoms with van der Waals surface area (Å²) in [6, 6.07) is 59.6. The minimum Gasteiger partial charge on any atom is -0.389 e. The second kappa shape index (κ2) is 14.1. The number of hydrogen-bond acceptors (Lipinski definition) is 3. The third kappa shape index (κ3) is 6.56. The third-order valence-electron chi connectivity index (χ3n) is 8.14. The Hall–Kier alpha value is -4.80. The first-order valence-electron chi connectivity index (χ1n) is 15.2. The molecule has 0 aliphatic carbocycles. The largest absolute Gasteiger partial charge is 0.389 e. The van der Waals surface area contributed by atoms with E-state index in [2.05, 4.69) is 102 Å². The number of aliphatic hydroxyl groups is 1. The molecule has 6 rings (SSSR count). The van der Waals surface area contributed by atoms with E-state index in [0.717, 1.165) is 27.8 Å². The Kier molecular flexibility index (Phi) is 9.39. The van der Waals surface area contributed by atoms with Gasteiger partial charge in [0.15, 0.2) is 0 Å². The zero-order valence-corrected chi connectivity index (χ0v) is 24.7. The summed E-state index contributed by atoms with van der Waals surface area (Å²) in [7, 11) is 0. The van der Waals surface area contributed by atoms with E-state index < -0.39 is 11.7 Å². The van der Waals surface area contributed by atoms with Gasteiger partial charge in [0.25, 0.3) is 0 Å². The average molecular weight is 576 g/mol. The number of benzene rings is 6. The molecule has 3 heteroatoms. The zero-order chi connectivity index (χ0) is 30.0. The van der Waals surface area contributed by atoms with Crippen molar-refractivity contribution in [1.29, 1.82) is 0 Å². The quantitative estimate of drug-likeness (QED) is 0.144. The number of nitrogens with one attached hydrogen (secondary N) is 1. The highest BCUT2D eigenvalue weighted by Crippen LogP contribution is 2.41. The zero-order valence-electron chi connectivity index (χ0n) is 24.7. The Labute approximate surface area is 260 Å². The van der Waals surface area contributed by atoms with Gasteiger partial charge in [-0.25, -0.2) is 0 Å². The molecule has 2 N–H and O–H groups in total. The summed E-state index contributed by atoms with van der Waals surface area (Å²) in [5.41, 5.74) is 6.65. The van der Waals surface area contributed by atoms with E-state index in [0.29, 0.717) is 6.54 Å². The van der Waals surface area contributed by atoms with Gasteiger partial charge in [-0.3, -0.25) is 0 Å². The summed E-state index contributed by atoms with van der Waals surface area (Å²) < 4.78 is 6.98. The highest BCUT2D eigenvalue weighted by Gasteiger charge is 2.38. The van der Waals surface area contributed by atoms with Crippen LogP contribution < -0.4 is 5.32 Å². The van der Waals surface area contributed by atoms with Crippen molar-refractivity contribution in [2.24, 2.45) is 0 Å². The van der Waals surface area contributed by atoms with E-state index in [9.17, 15) is 5.11 Å². The van der Waals surface area contributed by atoms with Gasteiger partial charge in [0.2, 0.25) is 0 Å². The number of hydrogen-bond donors (Lipinski definition) is 2. The van der Waals surface area contributed by atoms with Crippen molar-refractivity contribution in [2.45, 2.75) is 24.3 Å². The summed E-state index contributed by atoms with van der Waals surface area (Å²) in [6.07, 6.45) is -0.823. The monoisotopic (exact) mass is 575 g/mol. The maximum atomic E-state index is 11.8. The fourth-order valence-electron chi connectivity index (χ4n) is 5.89. The Morgan fingerprint density at radius 2 is 0.909 bits per heavy atom. The first-order chi connectivity index (χ1) is 21.7. The molecule has 6 aromatic carbocycles. The van der Waals surface area contributed by atoms with Gasteiger partial charge in [-0.05, 0) is 38.9 Å². The van der Waals surface area contributed by atoms with Crippen molar-refractivity contribution in [3.8, 4) is 11.1 Å². The van der Waals surface area contributed by atoms with Crippen LogP contribution in [0.4, 0.5) is 0 Å². The standard InChI is InChI=1S/C41H37NO2/c43-39(31-44-41(36-20-10-3-11-21-36,37-22-12-4-13-23-37)38-24-14-5-15-25-38)40(35-18-8-2-9-19-35)42-30-32-26-28-34(29-27-32)33-16-6-1-7-17-33/h1-29,39-40,42-43H,30-31H2/t39-,40+/m0/s1. The molecule has 0 spiro atoms. The fourth-order valence-corrected chi connectivity index (χ4v) is 5.89. The highest BCUT2D eigenvalue weighted by atomic mass is 16.5. The summed E-state index contributed by atoms with van der Waals surface area (Å²) in [5, 5.41) is 15.5. The van der Waals surface area contributed by atoms with E-state index in [-0.39, 0.29) is 12.6 Å². The molecule has 218 valence electrons. The first-order valence-corrected chi connectivity index (χ1v) is 15.2. The summed E-state index contributed by atoms with van der Waals surface area (Å²) in [5.74, 6) is 0. The van der Waals surface area contributed by atoms with E-state index >= 15 is 0 Å². The highest BCUT2D eigenvalue weighted by molar-refractivity contribution is 5.63. The van der Waals surface area contributed by atoms with Crippen molar-refractivity contribution in [3.63, 3.8) is 0 Å². The number of ether oxygens (including phenoxy) is 1. The lowest BCUT2D eigenvalue weighted by molar-refractivity contribution is -0.0492. The smallest absolute Gasteiger partial charge is 0.143 e. The Balaban J connectivity index is 1.28. The van der Waals surface area contributed by atoms with Gasteiger partial charge in [-0.1, -0.05) is 176 Å². The van der Waals surface area contributed by atoms with Crippen LogP contribution >= 0.6 is 0 Å². The third-order valence-corrected chi connectivity index (χ3v) is 8.14. The van der Waals surface area contributed by atoms with Gasteiger partial charge in [0, 0.05) is 6.54 Å². The van der Waals surface area contributed by atoms with E-state index in [4.69, 9.17) is 4.74 Å². The van der Waals surface area contributed by atoms with Gasteiger partial charge < -0.3 is 15.2 Å². The molecule has 44 heavy (non-hydrogen) atoms. The average Bonchev–Trinajstić information content (AvgIpc) is 3.11. The van der Waals surface area contributed by atoms with E-state index in [1.807, 2.05) is 78.9 Å². The molecule has 0 saturated heterocycles. The van der Waals surface area contributed by atoms with Crippen molar-refractivity contribution < 1.29 is 9.84 Å². The Bertz CT molecular complexity index is 1590. The molecule has 0 aliphatic heterocycles. The van der Waals surface area contributed by atoms with Crippen molar-refractivity contribution in [3.05, 3.63) is 204 Å². The molecule has 0 amide bonds. The predicted molar refractivity (Wildman–Crippen MR) is 179 cm³/mol. The normalized spacial score (nSPS) is 12.8. The van der Waals surface area contributed by atoms with Gasteiger partial charge in [-0.15, -0.1) is 0 Å². The fraction of sp³-hybridized carbons (Fsp3) is 0.122. The molecule has 0 aromatic heterocycles. The van der Waals surface area contributed by atoms with Crippen LogP contribution in [0.3, 0.4) is 0 Å². The minimum atomic E-state index is -0.904. The molecule has 0 bridgehead atoms. The second-order valence-electron chi connectivity index (χ2n) is 11.0. The van der Waals surface area contributed by atoms with Crippen LogP contribution in [0.25, 0.3) is 11.1 Å². The van der Waals surface area contributed by atoms with Crippen LogP contribution in [0.1, 0.15) is 33.9 Å². The Morgan fingerprint density at radius 3 is 1.39 bits per heavy atom. The summed E-state index contributed by atoms with van der Waals surface area (Å²) in [6.45, 7) is 0.713. The lowest BCUT2D eigenvalue weighted by atomic mass is 9.80. The lowest BCUT2D eigenvalue weighted by Gasteiger charge is -2.37. The molecule has 0 unspecified atom stereocenters. The van der Waals surface area contributed by atoms with Crippen LogP contribution in [0.2, 0.25) is 0 Å². The first kappa shape index (κ1) is 29.3. The molecule has 0 fully saturated rings. The molecule has 0 radical (unpaired) electrons. The molecular formula is C41H37NO2. The summed E-state index contributed by atoms with van der Waals surface area (Å²) in [4.78, 5) is 0. The molecule has 2 atom stereocenters. The van der Waals surface area contributed by atoms with Crippen LogP contribution in [0.15, 0.2) is 176 Å². The maximum absolute atomic E-state index is 11.8. The lowest BCUT2D eigenvalue weighted by Crippen LogP contribution is -2.40. The molecule has 0 heterocycles. The van der Waals surface area contributed by atoms with Crippen molar-refractivity contribution in [2.75, 3.05) is 6.61 Å². The van der Waals surface area contributed by atoms with Crippen LogP contribution in [0.5, 0.6) is 0 Å².